The predicted octanol–water partition coefficient (Wildman–Crippen LogP) is 2.72. The minimum absolute atomic E-state index is 0.0434. The van der Waals surface area contributed by atoms with Gasteiger partial charge in [-0.25, -0.2) is 0 Å². The van der Waals surface area contributed by atoms with Crippen LogP contribution in [0.3, 0.4) is 0 Å². The van der Waals surface area contributed by atoms with Gasteiger partial charge in [-0.2, -0.15) is 0 Å². The number of halogens is 3. The third-order valence-electron chi connectivity index (χ3n) is 4.15. The van der Waals surface area contributed by atoms with Crippen LogP contribution in [0.2, 0.25) is 0 Å². The van der Waals surface area contributed by atoms with Crippen LogP contribution < -0.4 is 11.1 Å². The van der Waals surface area contributed by atoms with Gasteiger partial charge in [0.2, 0.25) is 0 Å². The van der Waals surface area contributed by atoms with Crippen molar-refractivity contribution in [2.24, 2.45) is 5.73 Å². The van der Waals surface area contributed by atoms with Crippen molar-refractivity contribution in [3.63, 3.8) is 0 Å². The summed E-state index contributed by atoms with van der Waals surface area (Å²) in [6.07, 6.45) is 0. The molecule has 5 N–H and O–H groups in total. The van der Waals surface area contributed by atoms with Crippen molar-refractivity contribution < 1.29 is 25.5 Å². The number of rotatable bonds is 6. The molecule has 0 aromatic heterocycles. The maximum atomic E-state index is 13.2. The molecule has 0 aliphatic heterocycles. The van der Waals surface area contributed by atoms with Crippen LogP contribution in [-0.4, -0.2) is 31.7 Å². The van der Waals surface area contributed by atoms with Crippen LogP contribution in [-0.2, 0) is 11.4 Å². The summed E-state index contributed by atoms with van der Waals surface area (Å²) in [5.41, 5.74) is 7.62. The van der Waals surface area contributed by atoms with Crippen LogP contribution in [0.1, 0.15) is 34.0 Å². The molecule has 0 heterocycles. The summed E-state index contributed by atoms with van der Waals surface area (Å²) in [5.74, 6) is 8.57. The second-order valence-corrected chi connectivity index (χ2v) is 9.97. The molecule has 0 saturated heterocycles. The number of nitrogens with two attached hydrogens (primary N) is 1. The Hall–Kier alpha value is -2.99. The van der Waals surface area contributed by atoms with E-state index in [1.54, 1.807) is 24.3 Å². The zero-order chi connectivity index (χ0) is 23.0. The van der Waals surface area contributed by atoms with Crippen LogP contribution in [0.5, 0.6) is 0 Å². The Labute approximate surface area is 186 Å². The number of carbonyl (C=O) groups excluding carboxylic acids is 1. The summed E-state index contributed by atoms with van der Waals surface area (Å²) in [4.78, 5) is 23.6. The quantitative estimate of drug-likeness (QED) is 0.195. The van der Waals surface area contributed by atoms with E-state index in [4.69, 9.17) is 10.8 Å². The van der Waals surface area contributed by atoms with Gasteiger partial charge < -0.3 is 5.11 Å². The Kier molecular flexibility index (Phi) is 8.51. The van der Waals surface area contributed by atoms with E-state index in [0.29, 0.717) is 5.56 Å². The standard InChI is InChI=1S/C22H19F2IN2O4/c1-22(26,25(23)24)19(21(30)31)27-20(29)18-12-10-16(11-13-18)5-3-2-4-15-6-8-17(14-28)9-7-15/h6-13,19,28H,14,26H2,1H3,(H,27,29)(H,30,31)/t19-,22+/m1/s1. The topological polar surface area (TPSA) is 113 Å². The predicted molar refractivity (Wildman–Crippen MR) is 120 cm³/mol. The van der Waals surface area contributed by atoms with Crippen molar-refractivity contribution in [1.82, 2.24) is 5.32 Å². The molecule has 2 rings (SSSR count). The molecule has 0 bridgehead atoms. The number of aliphatic carboxylic acids is 1. The van der Waals surface area contributed by atoms with Gasteiger partial charge in [0.25, 0.3) is 0 Å². The molecular weight excluding hydrogens is 521 g/mol. The Morgan fingerprint density at radius 3 is 1.97 bits per heavy atom. The summed E-state index contributed by atoms with van der Waals surface area (Å²) in [6.45, 7) is 0.885. The Bertz CT molecular complexity index is 1060. The van der Waals surface area contributed by atoms with Crippen LogP contribution in [0.15, 0.2) is 48.5 Å². The van der Waals surface area contributed by atoms with Gasteiger partial charge in [-0.15, -0.1) is 0 Å². The Balaban J connectivity index is 2.06. The van der Waals surface area contributed by atoms with Gasteiger partial charge in [0, 0.05) is 5.56 Å². The van der Waals surface area contributed by atoms with Gasteiger partial charge in [0.15, 0.2) is 0 Å². The minimum atomic E-state index is -4.74. The SMILES string of the molecule is C[C@](N)([C@H](NC(=O)c1ccc(C#CC#Cc2ccc(CO)cc2)cc1)C(=O)O)I(F)F. The van der Waals surface area contributed by atoms with Crippen LogP contribution in [0.4, 0.5) is 5.72 Å². The number of amides is 1. The number of alkyl halides is 1. The fraction of sp³-hybridized carbons (Fsp3) is 0.182. The average Bonchev–Trinajstić information content (AvgIpc) is 2.75. The molecule has 0 radical (unpaired) electrons. The van der Waals surface area contributed by atoms with Gasteiger partial charge in [0.05, 0.1) is 6.61 Å². The van der Waals surface area contributed by atoms with Crippen molar-refractivity contribution in [1.29, 1.82) is 0 Å². The molecule has 1 amide bonds. The summed E-state index contributed by atoms with van der Waals surface area (Å²) < 4.78 is 24.1. The van der Waals surface area contributed by atoms with E-state index in [1.165, 1.54) is 24.3 Å². The first-order chi connectivity index (χ1) is 14.6. The third kappa shape index (κ3) is 6.76. The van der Waals surface area contributed by atoms with Crippen molar-refractivity contribution >= 4 is 32.8 Å². The summed E-state index contributed by atoms with van der Waals surface area (Å²) in [6, 6.07) is 11.0. The fourth-order valence-corrected chi connectivity index (χ4v) is 3.24. The molecule has 2 aromatic carbocycles. The van der Waals surface area contributed by atoms with E-state index in [1.807, 2.05) is 0 Å². The van der Waals surface area contributed by atoms with Crippen LogP contribution in [0, 0.1) is 23.7 Å². The number of nitrogens with one attached hydrogen (secondary N) is 1. The molecule has 0 fully saturated rings. The van der Waals surface area contributed by atoms with Gasteiger partial charge in [-0.05, 0) is 17.7 Å². The zero-order valence-electron chi connectivity index (χ0n) is 16.3. The first kappa shape index (κ1) is 24.3. The second kappa shape index (κ2) is 10.9. The number of carboxylic acids is 1. The van der Waals surface area contributed by atoms with Crippen LogP contribution >= 0.6 is 21.0 Å². The number of aliphatic hydroxyl groups excluding tert-OH is 1. The normalized spacial score (nSPS) is 13.4. The van der Waals surface area contributed by atoms with Gasteiger partial charge in [-0.1, -0.05) is 12.1 Å². The molecule has 162 valence electrons. The van der Waals surface area contributed by atoms with E-state index in [0.717, 1.165) is 18.1 Å². The van der Waals surface area contributed by atoms with E-state index in [2.05, 4.69) is 29.0 Å². The average molecular weight is 540 g/mol. The molecule has 31 heavy (non-hydrogen) atoms. The first-order valence-electron chi connectivity index (χ1n) is 8.82. The van der Waals surface area contributed by atoms with Crippen molar-refractivity contribution in [3.8, 4) is 23.7 Å². The molecular formula is C22H19F2IN2O4. The molecule has 9 heteroatoms. The molecule has 0 saturated carbocycles. The number of carbonyl (C=O) groups is 2. The van der Waals surface area contributed by atoms with Crippen molar-refractivity contribution in [3.05, 3.63) is 70.8 Å². The second-order valence-electron chi connectivity index (χ2n) is 6.53. The zero-order valence-corrected chi connectivity index (χ0v) is 18.5. The van der Waals surface area contributed by atoms with E-state index >= 15 is 0 Å². The van der Waals surface area contributed by atoms with Gasteiger partial charge in [0.1, 0.15) is 0 Å². The Morgan fingerprint density at radius 2 is 1.55 bits per heavy atom. The van der Waals surface area contributed by atoms with E-state index < -0.39 is 42.4 Å². The van der Waals surface area contributed by atoms with E-state index in [9.17, 15) is 20.4 Å². The molecule has 2 aromatic rings. The molecule has 0 spiro atoms. The summed E-state index contributed by atoms with van der Waals surface area (Å²) in [7, 11) is 0. The number of hydrogen-bond acceptors (Lipinski definition) is 4. The number of hydrogen-bond donors (Lipinski definition) is 4. The summed E-state index contributed by atoms with van der Waals surface area (Å²) >= 11 is -4.74. The van der Waals surface area contributed by atoms with Crippen molar-refractivity contribution in [2.45, 2.75) is 23.1 Å². The molecule has 2 atom stereocenters. The number of carboxylic acid groups (broad SMARTS) is 1. The molecule has 6 nitrogen and oxygen atoms in total. The van der Waals surface area contributed by atoms with E-state index in [-0.39, 0.29) is 12.2 Å². The first-order valence-corrected chi connectivity index (χ1v) is 11.5. The monoisotopic (exact) mass is 540 g/mol. The third-order valence-corrected chi connectivity index (χ3v) is 6.53. The molecule has 0 aliphatic rings. The molecule has 0 unspecified atom stereocenters. The Morgan fingerprint density at radius 1 is 1.06 bits per heavy atom. The van der Waals surface area contributed by atoms with Gasteiger partial charge in [-0.3, -0.25) is 0 Å². The van der Waals surface area contributed by atoms with Crippen molar-refractivity contribution in [2.75, 3.05) is 0 Å². The van der Waals surface area contributed by atoms with Gasteiger partial charge >= 0.3 is 140 Å². The number of aliphatic hydroxyl groups is 1. The molecule has 0 aliphatic carbocycles. The van der Waals surface area contributed by atoms with Crippen LogP contribution in [0.25, 0.3) is 0 Å². The summed E-state index contributed by atoms with van der Waals surface area (Å²) in [5, 5.41) is 20.3. The maximum absolute atomic E-state index is 13.2. The fourth-order valence-electron chi connectivity index (χ4n) is 2.35. The number of benzene rings is 2.